The molecule has 1 aromatic rings. The summed E-state index contributed by atoms with van der Waals surface area (Å²) in [6.07, 6.45) is 2.68. The van der Waals surface area contributed by atoms with Gasteiger partial charge in [0.1, 0.15) is 0 Å². The zero-order valence-electron chi connectivity index (χ0n) is 22.3. The van der Waals surface area contributed by atoms with E-state index in [1.807, 2.05) is 6.92 Å². The van der Waals surface area contributed by atoms with Gasteiger partial charge in [-0.3, -0.25) is 9.59 Å². The van der Waals surface area contributed by atoms with Gasteiger partial charge >= 0.3 is 0 Å². The highest BCUT2D eigenvalue weighted by Crippen LogP contribution is 2.68. The zero-order chi connectivity index (χ0) is 24.8. The van der Waals surface area contributed by atoms with Gasteiger partial charge in [-0.2, -0.15) is 0 Å². The predicted molar refractivity (Wildman–Crippen MR) is 137 cm³/mol. The largest absolute Gasteiger partial charge is 0.294 e. The quantitative estimate of drug-likeness (QED) is 0.440. The number of fused-ring (bicyclic) bond motifs is 3. The molecule has 0 heterocycles. The van der Waals surface area contributed by atoms with Gasteiger partial charge < -0.3 is 0 Å². The monoisotopic (exact) mass is 444 g/mol. The van der Waals surface area contributed by atoms with E-state index >= 15 is 0 Å². The topological polar surface area (TPSA) is 34.1 Å². The summed E-state index contributed by atoms with van der Waals surface area (Å²) in [6.45, 7) is 26.1. The van der Waals surface area contributed by atoms with E-state index in [2.05, 4.69) is 68.0 Å². The molecule has 2 heteroatoms. The van der Waals surface area contributed by atoms with E-state index in [1.165, 1.54) is 40.3 Å². The summed E-state index contributed by atoms with van der Waals surface area (Å²) < 4.78 is 0. The number of hydrogen-bond donors (Lipinski definition) is 0. The minimum atomic E-state index is -0.693. The van der Waals surface area contributed by atoms with Gasteiger partial charge in [0.05, 0.1) is 11.0 Å². The highest BCUT2D eigenvalue weighted by molar-refractivity contribution is 6.23. The third kappa shape index (κ3) is 2.92. The standard InChI is InChI=1S/C31H40O2/c1-16(2)23-12-17(3)19(5)26-20(6)27-21(7)31(11)28(33)25(22(8)32)18(4)13-30(31,10)15-29(27,9)14-24(23)26/h12,16H,6,13-15H2,1-5,7-11H3/t29-,30+,31+/m1/s1. The molecule has 0 amide bonds. The Kier molecular flexibility index (Phi) is 5.18. The molecule has 0 bridgehead atoms. The van der Waals surface area contributed by atoms with Gasteiger partial charge in [-0.1, -0.05) is 51.5 Å². The first kappa shape index (κ1) is 23.9. The number of benzene rings is 1. The van der Waals surface area contributed by atoms with Crippen molar-refractivity contribution in [3.63, 3.8) is 0 Å². The van der Waals surface area contributed by atoms with E-state index in [1.54, 1.807) is 0 Å². The molecule has 0 aromatic heterocycles. The summed E-state index contributed by atoms with van der Waals surface area (Å²) in [5.41, 5.74) is 10.6. The fourth-order valence-electron chi connectivity index (χ4n) is 7.91. The molecule has 0 spiro atoms. The van der Waals surface area contributed by atoms with Gasteiger partial charge in [-0.15, -0.1) is 0 Å². The summed E-state index contributed by atoms with van der Waals surface area (Å²) in [4.78, 5) is 26.5. The molecular formula is C31H40O2. The van der Waals surface area contributed by atoms with Crippen LogP contribution in [0.15, 0.2) is 34.9 Å². The van der Waals surface area contributed by atoms with Crippen LogP contribution in [0.2, 0.25) is 0 Å². The number of aryl methyl sites for hydroxylation is 1. The van der Waals surface area contributed by atoms with Crippen molar-refractivity contribution in [1.82, 2.24) is 0 Å². The second-order valence-electron chi connectivity index (χ2n) is 12.2. The van der Waals surface area contributed by atoms with Crippen molar-refractivity contribution < 1.29 is 9.59 Å². The SMILES string of the molecule is C=C1C2=C(C)[C@@]3(C)C(=O)C(C(C)=O)=C(C)C[C@@]3(C)C[C@@]2(C)Cc2c(C(C)C)cc(C)c(C)c21. The molecule has 0 aliphatic heterocycles. The Balaban J connectivity index is 2.05. The number of hydrogen-bond acceptors (Lipinski definition) is 2. The van der Waals surface area contributed by atoms with Gasteiger partial charge in [-0.05, 0) is 117 Å². The highest BCUT2D eigenvalue weighted by atomic mass is 16.1. The lowest BCUT2D eigenvalue weighted by molar-refractivity contribution is -0.134. The number of carbonyl (C=O) groups excluding carboxylic acids is 2. The average molecular weight is 445 g/mol. The van der Waals surface area contributed by atoms with Gasteiger partial charge in [0, 0.05) is 0 Å². The van der Waals surface area contributed by atoms with Crippen LogP contribution in [-0.2, 0) is 16.0 Å². The molecule has 0 saturated carbocycles. The minimum absolute atomic E-state index is 0.00994. The Morgan fingerprint density at radius 1 is 1.06 bits per heavy atom. The second kappa shape index (κ2) is 7.14. The van der Waals surface area contributed by atoms with Crippen molar-refractivity contribution in [3.8, 4) is 0 Å². The molecule has 0 saturated heterocycles. The van der Waals surface area contributed by atoms with Crippen LogP contribution in [0.1, 0.15) is 102 Å². The normalized spacial score (nSPS) is 31.6. The molecule has 0 unspecified atom stereocenters. The van der Waals surface area contributed by atoms with E-state index in [9.17, 15) is 9.59 Å². The van der Waals surface area contributed by atoms with Crippen molar-refractivity contribution in [3.05, 3.63) is 62.8 Å². The average Bonchev–Trinajstić information content (AvgIpc) is 2.66. The Bertz CT molecular complexity index is 1200. The Morgan fingerprint density at radius 2 is 1.67 bits per heavy atom. The van der Waals surface area contributed by atoms with Gasteiger partial charge in [0.25, 0.3) is 0 Å². The number of rotatable bonds is 2. The number of Topliss-reactive ketones (excluding diaryl/α,β-unsaturated/α-hetero) is 2. The number of allylic oxidation sites excluding steroid dienone is 5. The lowest BCUT2D eigenvalue weighted by atomic mass is 9.42. The van der Waals surface area contributed by atoms with E-state index in [0.717, 1.165) is 36.0 Å². The highest BCUT2D eigenvalue weighted by Gasteiger charge is 2.62. The molecule has 3 aliphatic carbocycles. The van der Waals surface area contributed by atoms with Crippen LogP contribution in [0.25, 0.3) is 5.57 Å². The Labute approximate surface area is 200 Å². The molecule has 176 valence electrons. The second-order valence-corrected chi connectivity index (χ2v) is 12.2. The van der Waals surface area contributed by atoms with E-state index in [4.69, 9.17) is 0 Å². The third-order valence-electron chi connectivity index (χ3n) is 9.61. The van der Waals surface area contributed by atoms with Crippen LogP contribution in [0.4, 0.5) is 0 Å². The van der Waals surface area contributed by atoms with Crippen LogP contribution in [-0.4, -0.2) is 11.6 Å². The van der Waals surface area contributed by atoms with Crippen molar-refractivity contribution in [1.29, 1.82) is 0 Å². The van der Waals surface area contributed by atoms with Crippen molar-refractivity contribution in [2.24, 2.45) is 16.2 Å². The maximum Gasteiger partial charge on any atom is 0.176 e. The summed E-state index contributed by atoms with van der Waals surface area (Å²) >= 11 is 0. The summed E-state index contributed by atoms with van der Waals surface area (Å²) in [6, 6.07) is 2.38. The first-order valence-corrected chi connectivity index (χ1v) is 12.4. The molecule has 3 atom stereocenters. The molecule has 3 aliphatic rings. The van der Waals surface area contributed by atoms with Crippen LogP contribution >= 0.6 is 0 Å². The zero-order valence-corrected chi connectivity index (χ0v) is 22.3. The molecule has 0 fully saturated rings. The fourth-order valence-corrected chi connectivity index (χ4v) is 7.91. The van der Waals surface area contributed by atoms with Crippen LogP contribution in [0.5, 0.6) is 0 Å². The molecule has 1 aromatic carbocycles. The van der Waals surface area contributed by atoms with Crippen LogP contribution < -0.4 is 0 Å². The van der Waals surface area contributed by atoms with Crippen molar-refractivity contribution >= 4 is 17.1 Å². The van der Waals surface area contributed by atoms with Gasteiger partial charge in [-0.25, -0.2) is 0 Å². The minimum Gasteiger partial charge on any atom is -0.294 e. The number of ketones is 2. The molecule has 33 heavy (non-hydrogen) atoms. The van der Waals surface area contributed by atoms with Crippen LogP contribution in [0.3, 0.4) is 0 Å². The lowest BCUT2D eigenvalue weighted by Crippen LogP contribution is -2.56. The van der Waals surface area contributed by atoms with Gasteiger partial charge in [0.2, 0.25) is 0 Å². The molecule has 0 N–H and O–H groups in total. The van der Waals surface area contributed by atoms with E-state index in [-0.39, 0.29) is 22.4 Å². The number of carbonyl (C=O) groups is 2. The maximum atomic E-state index is 14.0. The Morgan fingerprint density at radius 3 is 2.21 bits per heavy atom. The first-order valence-electron chi connectivity index (χ1n) is 12.4. The van der Waals surface area contributed by atoms with Crippen molar-refractivity contribution in [2.75, 3.05) is 0 Å². The summed E-state index contributed by atoms with van der Waals surface area (Å²) in [5, 5.41) is 0. The molecule has 0 radical (unpaired) electrons. The molecule has 2 nitrogen and oxygen atoms in total. The predicted octanol–water partition coefficient (Wildman–Crippen LogP) is 7.61. The van der Waals surface area contributed by atoms with Gasteiger partial charge in [0.15, 0.2) is 11.6 Å². The first-order chi connectivity index (χ1) is 15.1. The van der Waals surface area contributed by atoms with Crippen LogP contribution in [0, 0.1) is 30.1 Å². The maximum absolute atomic E-state index is 14.0. The molecule has 4 rings (SSSR count). The Hall–Kier alpha value is -2.22. The lowest BCUT2D eigenvalue weighted by Gasteiger charge is -2.60. The smallest absolute Gasteiger partial charge is 0.176 e. The fraction of sp³-hybridized carbons (Fsp3) is 0.548. The molecular weight excluding hydrogens is 404 g/mol. The van der Waals surface area contributed by atoms with E-state index < -0.39 is 5.41 Å². The third-order valence-corrected chi connectivity index (χ3v) is 9.61. The summed E-state index contributed by atoms with van der Waals surface area (Å²) in [5.74, 6) is 0.355. The van der Waals surface area contributed by atoms with Crippen molar-refractivity contribution in [2.45, 2.75) is 94.4 Å². The summed E-state index contributed by atoms with van der Waals surface area (Å²) in [7, 11) is 0. The van der Waals surface area contributed by atoms with E-state index in [0.29, 0.717) is 11.5 Å².